The van der Waals surface area contributed by atoms with Crippen molar-refractivity contribution in [1.29, 1.82) is 0 Å². The molecule has 0 aliphatic rings. The quantitative estimate of drug-likeness (QED) is 0.442. The molecule has 7 heavy (non-hydrogen) atoms. The summed E-state index contributed by atoms with van der Waals surface area (Å²) in [6.45, 7) is 5.42. The maximum atomic E-state index is 10.3. The van der Waals surface area contributed by atoms with Crippen molar-refractivity contribution in [3.05, 3.63) is 0 Å². The molecule has 0 bridgehead atoms. The summed E-state index contributed by atoms with van der Waals surface area (Å²) in [6, 6.07) is 0. The van der Waals surface area contributed by atoms with Crippen LogP contribution >= 0.6 is 0 Å². The van der Waals surface area contributed by atoms with Crippen molar-refractivity contribution in [2.45, 2.75) is 20.8 Å². The fraction of sp³-hybridized carbons (Fsp3) is 0.800. The predicted molar refractivity (Wildman–Crippen MR) is 31.8 cm³/mol. The van der Waals surface area contributed by atoms with E-state index in [2.05, 4.69) is 12.6 Å². The van der Waals surface area contributed by atoms with Gasteiger partial charge in [0.05, 0.1) is 0 Å². The Balaban J connectivity index is 3.79. The topological polar surface area (TPSA) is 17.1 Å². The minimum absolute atomic E-state index is 0.174. The molecule has 0 aromatic heterocycles. The predicted octanol–water partition coefficient (Wildman–Crippen LogP) is 1.11. The number of rotatable bonds is 0. The first-order valence-corrected chi connectivity index (χ1v) is 2.57. The van der Waals surface area contributed by atoms with E-state index >= 15 is 0 Å². The van der Waals surface area contributed by atoms with Crippen molar-refractivity contribution in [2.24, 2.45) is 5.41 Å². The molecule has 0 unspecified atom stereocenters. The molecule has 0 aromatic rings. The molecule has 0 heterocycles. The van der Waals surface area contributed by atoms with Gasteiger partial charge in [-0.2, -0.15) is 0 Å². The Labute approximate surface area is 49.5 Å². The Morgan fingerprint density at radius 1 is 1.43 bits per heavy atom. The van der Waals surface area contributed by atoms with Gasteiger partial charge in [-0.05, 0) is 5.41 Å². The zero-order valence-electron chi connectivity index (χ0n) is 4.82. The van der Waals surface area contributed by atoms with E-state index < -0.39 is 0 Å². The normalized spacial score (nSPS) is 11.3. The molecule has 0 spiro atoms. The van der Waals surface area contributed by atoms with Crippen LogP contribution in [-0.4, -0.2) is 5.12 Å². The van der Waals surface area contributed by atoms with Crippen LogP contribution in [0, 0.1) is 5.41 Å². The maximum Gasteiger partial charge on any atom is 0.0173 e. The lowest BCUT2D eigenvalue weighted by Gasteiger charge is -2.20. The van der Waals surface area contributed by atoms with Gasteiger partial charge in [-0.15, -0.1) is 0 Å². The van der Waals surface area contributed by atoms with Gasteiger partial charge < -0.3 is 17.4 Å². The maximum absolute atomic E-state index is 10.3. The summed E-state index contributed by atoms with van der Waals surface area (Å²) in [6.07, 6.45) is 0. The highest BCUT2D eigenvalue weighted by Crippen LogP contribution is 2.12. The fourth-order valence-corrected chi connectivity index (χ4v) is 0. The highest BCUT2D eigenvalue weighted by atomic mass is 32.1. The van der Waals surface area contributed by atoms with E-state index in [1.165, 1.54) is 0 Å². The molecule has 2 heteroatoms. The van der Waals surface area contributed by atoms with Crippen LogP contribution in [0.2, 0.25) is 0 Å². The molecule has 0 fully saturated rings. The third-order valence-corrected chi connectivity index (χ3v) is 1.22. The number of carbonyl (C=O) groups excluding carboxylic acids is 1. The standard InChI is InChI=1S/C5H10OS/c1-5(2,3)4(6)7/h1-3H3,(H,6,7)/p-1. The van der Waals surface area contributed by atoms with Crippen LogP contribution in [0.4, 0.5) is 0 Å². The molecule has 0 atom stereocenters. The summed E-state index contributed by atoms with van der Waals surface area (Å²) in [5.74, 6) is 0. The van der Waals surface area contributed by atoms with Crippen molar-refractivity contribution >= 4 is 17.7 Å². The minimum atomic E-state index is -0.324. The summed E-state index contributed by atoms with van der Waals surface area (Å²) in [4.78, 5) is 10.3. The number of hydrogen-bond acceptors (Lipinski definition) is 2. The van der Waals surface area contributed by atoms with Gasteiger partial charge in [0.1, 0.15) is 0 Å². The van der Waals surface area contributed by atoms with Crippen molar-refractivity contribution < 1.29 is 4.79 Å². The van der Waals surface area contributed by atoms with Crippen molar-refractivity contribution in [1.82, 2.24) is 0 Å². The SMILES string of the molecule is CC(C)(C)C(=O)[S-]. The molecule has 0 aromatic carbocycles. The van der Waals surface area contributed by atoms with Crippen LogP contribution in [0.5, 0.6) is 0 Å². The van der Waals surface area contributed by atoms with Gasteiger partial charge in [-0.25, -0.2) is 0 Å². The summed E-state index contributed by atoms with van der Waals surface area (Å²) >= 11 is 4.38. The highest BCUT2D eigenvalue weighted by molar-refractivity contribution is 7.77. The molecule has 0 amide bonds. The lowest BCUT2D eigenvalue weighted by atomic mass is 10.00. The van der Waals surface area contributed by atoms with Crippen LogP contribution in [0.25, 0.3) is 0 Å². The van der Waals surface area contributed by atoms with E-state index in [-0.39, 0.29) is 10.5 Å². The first-order chi connectivity index (χ1) is 2.94. The zero-order valence-corrected chi connectivity index (χ0v) is 5.63. The Morgan fingerprint density at radius 2 is 1.57 bits per heavy atom. The molecule has 0 radical (unpaired) electrons. The Bertz CT molecular complexity index is 80.6. The Morgan fingerprint density at radius 3 is 1.57 bits per heavy atom. The minimum Gasteiger partial charge on any atom is -0.741 e. The summed E-state index contributed by atoms with van der Waals surface area (Å²) in [7, 11) is 0. The summed E-state index contributed by atoms with van der Waals surface area (Å²) in [5.41, 5.74) is -0.324. The van der Waals surface area contributed by atoms with E-state index in [4.69, 9.17) is 0 Å². The van der Waals surface area contributed by atoms with E-state index in [1.807, 2.05) is 20.8 Å². The van der Waals surface area contributed by atoms with Gasteiger partial charge in [-0.3, -0.25) is 0 Å². The van der Waals surface area contributed by atoms with Crippen molar-refractivity contribution in [3.8, 4) is 0 Å². The molecule has 1 nitrogen and oxygen atoms in total. The molecule has 0 aliphatic heterocycles. The van der Waals surface area contributed by atoms with E-state index in [9.17, 15) is 4.79 Å². The Kier molecular flexibility index (Phi) is 1.75. The smallest absolute Gasteiger partial charge is 0.0173 e. The lowest BCUT2D eigenvalue weighted by molar-refractivity contribution is -0.117. The zero-order chi connectivity index (χ0) is 6.08. The van der Waals surface area contributed by atoms with Crippen LogP contribution in [0.3, 0.4) is 0 Å². The summed E-state index contributed by atoms with van der Waals surface area (Å²) < 4.78 is 0. The average molecular weight is 117 g/mol. The second kappa shape index (κ2) is 1.78. The first kappa shape index (κ1) is 6.89. The van der Waals surface area contributed by atoms with Crippen LogP contribution < -0.4 is 0 Å². The van der Waals surface area contributed by atoms with E-state index in [1.54, 1.807) is 0 Å². The molecule has 0 saturated carbocycles. The number of carbonyl (C=O) groups is 1. The molecule has 0 aliphatic carbocycles. The first-order valence-electron chi connectivity index (χ1n) is 2.16. The van der Waals surface area contributed by atoms with Gasteiger partial charge >= 0.3 is 0 Å². The van der Waals surface area contributed by atoms with Crippen LogP contribution in [-0.2, 0) is 17.4 Å². The monoisotopic (exact) mass is 117 g/mol. The molecule has 0 rings (SSSR count). The molecule has 0 N–H and O–H groups in total. The molecule has 0 saturated heterocycles. The fourth-order valence-electron chi connectivity index (χ4n) is 0. The van der Waals surface area contributed by atoms with E-state index in [0.29, 0.717) is 0 Å². The van der Waals surface area contributed by atoms with Crippen LogP contribution in [0.15, 0.2) is 0 Å². The number of hydrogen-bond donors (Lipinski definition) is 0. The van der Waals surface area contributed by atoms with Gasteiger partial charge in [0, 0.05) is 5.12 Å². The highest BCUT2D eigenvalue weighted by Gasteiger charge is 2.08. The third-order valence-electron chi connectivity index (χ3n) is 0.612. The van der Waals surface area contributed by atoms with Crippen molar-refractivity contribution in [2.75, 3.05) is 0 Å². The Hall–Kier alpha value is -0.110. The summed E-state index contributed by atoms with van der Waals surface area (Å²) in [5, 5.41) is -0.174. The second-order valence-electron chi connectivity index (χ2n) is 2.54. The molecule has 42 valence electrons. The van der Waals surface area contributed by atoms with Crippen molar-refractivity contribution in [3.63, 3.8) is 0 Å². The molecular weight excluding hydrogens is 108 g/mol. The lowest BCUT2D eigenvalue weighted by Crippen LogP contribution is -2.16. The van der Waals surface area contributed by atoms with Crippen LogP contribution in [0.1, 0.15) is 20.8 Å². The largest absolute Gasteiger partial charge is 0.741 e. The third kappa shape index (κ3) is 2.57. The second-order valence-corrected chi connectivity index (χ2v) is 2.91. The van der Waals surface area contributed by atoms with E-state index in [0.717, 1.165) is 0 Å². The molecular formula is C5H9OS-. The van der Waals surface area contributed by atoms with Gasteiger partial charge in [0.25, 0.3) is 0 Å². The average Bonchev–Trinajstić information content (AvgIpc) is 1.31. The van der Waals surface area contributed by atoms with Gasteiger partial charge in [0.15, 0.2) is 0 Å². The van der Waals surface area contributed by atoms with Gasteiger partial charge in [-0.1, -0.05) is 20.8 Å². The van der Waals surface area contributed by atoms with Gasteiger partial charge in [0.2, 0.25) is 0 Å².